The molecular weight excluding hydrogens is 129 g/mol. The summed E-state index contributed by atoms with van der Waals surface area (Å²) in [4.78, 5) is 17.3. The molecule has 7 heteroatoms. The second kappa shape index (κ2) is 4.27. The molecule has 0 aliphatic carbocycles. The largest absolute Gasteiger partial charge is 0.673 e. The van der Waals surface area contributed by atoms with E-state index in [-0.39, 0.29) is 6.54 Å². The van der Waals surface area contributed by atoms with Crippen molar-refractivity contribution in [3.63, 3.8) is 0 Å². The van der Waals surface area contributed by atoms with E-state index in [1.165, 1.54) is 0 Å². The predicted molar refractivity (Wildman–Crippen MR) is 26.4 cm³/mol. The Bertz CT molecular complexity index is 95.0. The van der Waals surface area contributed by atoms with Gasteiger partial charge in [-0.15, -0.1) is 0 Å². The molecule has 9 heavy (non-hydrogen) atoms. The molecule has 0 aliphatic heterocycles. The van der Waals surface area contributed by atoms with E-state index in [1.54, 1.807) is 0 Å². The van der Waals surface area contributed by atoms with Crippen molar-refractivity contribution in [3.8, 4) is 0 Å². The van der Waals surface area contributed by atoms with Gasteiger partial charge >= 0.3 is 13.3 Å². The second-order valence-corrected chi connectivity index (χ2v) is 1.08. The highest BCUT2D eigenvalue weighted by Gasteiger charge is 2.12. The Morgan fingerprint density at radius 1 is 1.67 bits per heavy atom. The Morgan fingerprint density at radius 3 is 2.56 bits per heavy atom. The van der Waals surface area contributed by atoms with Crippen molar-refractivity contribution in [1.82, 2.24) is 0 Å². The maximum Gasteiger partial charge on any atom is 0.673 e. The summed E-state index contributed by atoms with van der Waals surface area (Å²) in [5.41, 5.74) is 4.74. The van der Waals surface area contributed by atoms with Gasteiger partial charge < -0.3 is 20.7 Å². The number of carbonyl (C=O) groups is 1. The zero-order valence-corrected chi connectivity index (χ0v) is 4.48. The van der Waals surface area contributed by atoms with Crippen LogP contribution in [-0.2, 0) is 14.5 Å². The minimum Gasteiger partial charge on any atom is -0.400 e. The van der Waals surface area contributed by atoms with Gasteiger partial charge in [-0.2, -0.15) is 4.81 Å². The molecule has 0 heterocycles. The van der Waals surface area contributed by atoms with Crippen LogP contribution in [0.2, 0.25) is 0 Å². The van der Waals surface area contributed by atoms with Crippen LogP contribution in [0.4, 0.5) is 0 Å². The molecule has 0 atom stereocenters. The Kier molecular flexibility index (Phi) is 3.98. The fourth-order valence-corrected chi connectivity index (χ4v) is 0.131. The molecule has 0 unspecified atom stereocenters. The second-order valence-electron chi connectivity index (χ2n) is 1.08. The summed E-state index contributed by atoms with van der Waals surface area (Å²) in [6, 6.07) is 0. The van der Waals surface area contributed by atoms with Crippen molar-refractivity contribution < 1.29 is 24.5 Å². The molecule has 0 aromatic heterocycles. The van der Waals surface area contributed by atoms with Crippen LogP contribution >= 0.6 is 0 Å². The lowest BCUT2D eigenvalue weighted by molar-refractivity contribution is -0.228. The van der Waals surface area contributed by atoms with Crippen LogP contribution in [0, 0.1) is 0 Å². The summed E-state index contributed by atoms with van der Waals surface area (Å²) in [5.74, 6) is -0.872. The van der Waals surface area contributed by atoms with E-state index in [0.717, 1.165) is 0 Å². The Hall–Kier alpha value is -0.625. The smallest absolute Gasteiger partial charge is 0.400 e. The molecule has 0 aromatic carbocycles. The van der Waals surface area contributed by atoms with Crippen LogP contribution in [0.25, 0.3) is 0 Å². The van der Waals surface area contributed by atoms with Crippen LogP contribution in [0.1, 0.15) is 0 Å². The zero-order valence-electron chi connectivity index (χ0n) is 4.48. The first-order valence-electron chi connectivity index (χ1n) is 2.09. The van der Waals surface area contributed by atoms with Crippen molar-refractivity contribution in [3.05, 3.63) is 0 Å². The van der Waals surface area contributed by atoms with Gasteiger partial charge in [-0.25, -0.2) is 4.79 Å². The molecule has 0 bridgehead atoms. The average Bonchev–Trinajstić information content (AvgIpc) is 1.83. The maximum atomic E-state index is 10.0. The van der Waals surface area contributed by atoms with Crippen LogP contribution in [0.5, 0.6) is 0 Å². The van der Waals surface area contributed by atoms with Gasteiger partial charge in [0.1, 0.15) is 0 Å². The molecule has 6 nitrogen and oxygen atoms in total. The van der Waals surface area contributed by atoms with E-state index in [1.807, 2.05) is 0 Å². The van der Waals surface area contributed by atoms with E-state index in [9.17, 15) is 4.79 Å². The molecule has 0 rings (SSSR count). The summed E-state index contributed by atoms with van der Waals surface area (Å²) in [5, 5.41) is 15.8. The van der Waals surface area contributed by atoms with Gasteiger partial charge in [-0.1, -0.05) is 0 Å². The molecule has 4 N–H and O–H groups in total. The maximum absolute atomic E-state index is 10.0. The average molecular weight is 135 g/mol. The van der Waals surface area contributed by atoms with Crippen LogP contribution < -0.4 is 5.73 Å². The summed E-state index contributed by atoms with van der Waals surface area (Å²) in [6.07, 6.45) is 0. The molecule has 0 aromatic rings. The fraction of sp³-hybridized carbons (Fsp3) is 0.500. The highest BCUT2D eigenvalue weighted by atomic mass is 17.2. The van der Waals surface area contributed by atoms with Crippen LogP contribution in [0.15, 0.2) is 0 Å². The van der Waals surface area contributed by atoms with E-state index >= 15 is 0 Å². The van der Waals surface area contributed by atoms with Gasteiger partial charge in [-0.05, 0) is 0 Å². The van der Waals surface area contributed by atoms with E-state index in [2.05, 4.69) is 9.69 Å². The third-order valence-corrected chi connectivity index (χ3v) is 0.394. The molecule has 0 amide bonds. The lowest BCUT2D eigenvalue weighted by Crippen LogP contribution is -2.23. The molecule has 52 valence electrons. The minimum absolute atomic E-state index is 0.368. The first-order valence-corrected chi connectivity index (χ1v) is 2.09. The topological polar surface area (TPSA) is 102 Å². The molecule has 0 saturated heterocycles. The minimum atomic E-state index is -2.11. The van der Waals surface area contributed by atoms with Gasteiger partial charge in [0.15, 0.2) is 0 Å². The third-order valence-electron chi connectivity index (χ3n) is 0.394. The van der Waals surface area contributed by atoms with Crippen molar-refractivity contribution in [2.45, 2.75) is 0 Å². The zero-order chi connectivity index (χ0) is 7.28. The van der Waals surface area contributed by atoms with E-state index < -0.39 is 13.3 Å². The molecule has 0 spiro atoms. The number of hydrogen-bond donors (Lipinski definition) is 3. The molecule has 0 radical (unpaired) electrons. The van der Waals surface area contributed by atoms with Crippen molar-refractivity contribution in [2.24, 2.45) is 5.73 Å². The van der Waals surface area contributed by atoms with Gasteiger partial charge in [0.25, 0.3) is 0 Å². The number of rotatable bonds is 3. The van der Waals surface area contributed by atoms with E-state index in [0.29, 0.717) is 0 Å². The van der Waals surface area contributed by atoms with Gasteiger partial charge in [0, 0.05) is 0 Å². The first-order chi connectivity index (χ1) is 4.16. The monoisotopic (exact) mass is 135 g/mol. The van der Waals surface area contributed by atoms with Crippen molar-refractivity contribution >= 4 is 13.3 Å². The number of nitrogens with two attached hydrogens (primary N) is 1. The Morgan fingerprint density at radius 2 is 2.22 bits per heavy atom. The molecule has 0 aliphatic rings. The summed E-state index contributed by atoms with van der Waals surface area (Å²) in [7, 11) is -2.11. The van der Waals surface area contributed by atoms with E-state index in [4.69, 9.17) is 15.8 Å². The lowest BCUT2D eigenvalue weighted by Gasteiger charge is -1.97. The van der Waals surface area contributed by atoms with Crippen LogP contribution in [0.3, 0.4) is 0 Å². The fourth-order valence-electron chi connectivity index (χ4n) is 0.131. The Labute approximate surface area is 51.3 Å². The molecular formula is C2H6BNO5. The van der Waals surface area contributed by atoms with Gasteiger partial charge in [0.2, 0.25) is 0 Å². The van der Waals surface area contributed by atoms with Gasteiger partial charge in [-0.3, -0.25) is 0 Å². The quantitative estimate of drug-likeness (QED) is 0.222. The first kappa shape index (κ1) is 8.37. The van der Waals surface area contributed by atoms with Gasteiger partial charge in [0.05, 0.1) is 6.54 Å². The highest BCUT2D eigenvalue weighted by molar-refractivity contribution is 6.32. The lowest BCUT2D eigenvalue weighted by atomic mass is 10.3. The highest BCUT2D eigenvalue weighted by Crippen LogP contribution is 1.78. The number of hydrogen-bond acceptors (Lipinski definition) is 6. The Balaban J connectivity index is 3.17. The SMILES string of the molecule is NCC(=O)OOB(O)O. The predicted octanol–water partition coefficient (Wildman–Crippen LogP) is -2.61. The molecule has 0 saturated carbocycles. The number of carbonyl (C=O) groups excluding carboxylic acids is 1. The summed E-state index contributed by atoms with van der Waals surface area (Å²) < 4.78 is 0. The normalized spacial score (nSPS) is 8.78. The third kappa shape index (κ3) is 5.24. The van der Waals surface area contributed by atoms with Crippen molar-refractivity contribution in [1.29, 1.82) is 0 Å². The standard InChI is InChI=1S/C2H6BNO5/c4-1-2(5)8-9-3(6)7/h6-7H,1,4H2. The van der Waals surface area contributed by atoms with Crippen molar-refractivity contribution in [2.75, 3.05) is 6.54 Å². The summed E-state index contributed by atoms with van der Waals surface area (Å²) >= 11 is 0. The summed E-state index contributed by atoms with van der Waals surface area (Å²) in [6.45, 7) is -0.368. The molecule has 0 fully saturated rings. The van der Waals surface area contributed by atoms with Crippen LogP contribution in [-0.4, -0.2) is 29.9 Å².